The highest BCUT2D eigenvalue weighted by Crippen LogP contribution is 2.35. The molecule has 1 heterocycles. The van der Waals surface area contributed by atoms with Gasteiger partial charge in [0.1, 0.15) is 15.9 Å². The lowest BCUT2D eigenvalue weighted by Gasteiger charge is -2.28. The largest absolute Gasteiger partial charge is 0.493 e. The molecule has 9 heteroatoms. The Morgan fingerprint density at radius 3 is 2.61 bits per heavy atom. The van der Waals surface area contributed by atoms with E-state index in [-0.39, 0.29) is 23.6 Å². The number of hydrogen-bond acceptors (Lipinski definition) is 7. The van der Waals surface area contributed by atoms with Crippen molar-refractivity contribution in [2.45, 2.75) is 63.1 Å². The topological polar surface area (TPSA) is 81.6 Å². The molecule has 0 spiro atoms. The second kappa shape index (κ2) is 9.10. The number of fused-ring (bicyclic) bond motifs is 1. The lowest BCUT2D eigenvalue weighted by atomic mass is 10.1. The zero-order valence-electron chi connectivity index (χ0n) is 17.9. The van der Waals surface area contributed by atoms with Crippen molar-refractivity contribution < 1.29 is 17.9 Å². The van der Waals surface area contributed by atoms with E-state index in [4.69, 9.17) is 9.47 Å². The van der Waals surface area contributed by atoms with E-state index in [2.05, 4.69) is 8.75 Å². The minimum atomic E-state index is -3.77. The molecule has 166 valence electrons. The Labute approximate surface area is 187 Å². The van der Waals surface area contributed by atoms with Crippen molar-refractivity contribution in [2.24, 2.45) is 0 Å². The van der Waals surface area contributed by atoms with E-state index in [1.807, 2.05) is 32.0 Å². The second-order valence-corrected chi connectivity index (χ2v) is 10.4. The Kier molecular flexibility index (Phi) is 6.45. The summed E-state index contributed by atoms with van der Waals surface area (Å²) < 4.78 is 49.1. The number of nitrogens with zero attached hydrogens (tertiary/aromatic N) is 3. The summed E-state index contributed by atoms with van der Waals surface area (Å²) in [5, 5.41) is 0. The molecule has 1 fully saturated rings. The fourth-order valence-corrected chi connectivity index (χ4v) is 6.49. The van der Waals surface area contributed by atoms with Crippen LogP contribution < -0.4 is 9.47 Å². The van der Waals surface area contributed by atoms with Gasteiger partial charge in [-0.1, -0.05) is 25.0 Å². The molecule has 0 bridgehead atoms. The summed E-state index contributed by atoms with van der Waals surface area (Å²) in [6.07, 6.45) is 3.76. The van der Waals surface area contributed by atoms with Crippen molar-refractivity contribution in [1.29, 1.82) is 0 Å². The van der Waals surface area contributed by atoms with E-state index in [1.165, 1.54) is 0 Å². The van der Waals surface area contributed by atoms with Crippen molar-refractivity contribution in [3.05, 3.63) is 42.0 Å². The number of aromatic nitrogens is 2. The normalized spacial score (nSPS) is 15.3. The summed E-state index contributed by atoms with van der Waals surface area (Å²) in [5.41, 5.74) is 1.90. The van der Waals surface area contributed by atoms with E-state index < -0.39 is 10.0 Å². The lowest BCUT2D eigenvalue weighted by molar-refractivity contribution is 0.229. The van der Waals surface area contributed by atoms with Gasteiger partial charge in [0.05, 0.1) is 24.9 Å². The van der Waals surface area contributed by atoms with Crippen LogP contribution in [-0.4, -0.2) is 40.7 Å². The highest BCUT2D eigenvalue weighted by molar-refractivity contribution is 7.89. The zero-order valence-corrected chi connectivity index (χ0v) is 19.6. The molecule has 0 atom stereocenters. The average Bonchev–Trinajstić information content (AvgIpc) is 3.43. The monoisotopic (exact) mass is 461 g/mol. The van der Waals surface area contributed by atoms with Crippen molar-refractivity contribution in [3.8, 4) is 11.5 Å². The molecule has 1 saturated carbocycles. The van der Waals surface area contributed by atoms with E-state index in [0.717, 1.165) is 43.0 Å². The van der Waals surface area contributed by atoms with Crippen LogP contribution >= 0.6 is 11.7 Å². The van der Waals surface area contributed by atoms with Gasteiger partial charge >= 0.3 is 0 Å². The molecular weight excluding hydrogens is 434 g/mol. The van der Waals surface area contributed by atoms with Gasteiger partial charge in [-0.05, 0) is 56.5 Å². The minimum absolute atomic E-state index is 0.0198. The van der Waals surface area contributed by atoms with Gasteiger partial charge in [0.15, 0.2) is 11.5 Å². The molecule has 0 unspecified atom stereocenters. The first kappa shape index (κ1) is 22.0. The molecule has 7 nitrogen and oxygen atoms in total. The van der Waals surface area contributed by atoms with Crippen LogP contribution in [0.4, 0.5) is 0 Å². The quantitative estimate of drug-likeness (QED) is 0.487. The van der Waals surface area contributed by atoms with Crippen LogP contribution in [0.25, 0.3) is 11.0 Å². The van der Waals surface area contributed by atoms with Crippen LogP contribution in [0.5, 0.6) is 11.5 Å². The Hall–Kier alpha value is -2.23. The summed E-state index contributed by atoms with van der Waals surface area (Å²) in [6, 6.07) is 10.7. The van der Waals surface area contributed by atoms with Gasteiger partial charge in [-0.2, -0.15) is 13.1 Å². The van der Waals surface area contributed by atoms with Crippen LogP contribution in [0, 0.1) is 0 Å². The average molecular weight is 462 g/mol. The summed E-state index contributed by atoms with van der Waals surface area (Å²) >= 11 is 1.03. The van der Waals surface area contributed by atoms with Gasteiger partial charge in [0.25, 0.3) is 0 Å². The van der Waals surface area contributed by atoms with E-state index in [1.54, 1.807) is 29.6 Å². The first-order valence-electron chi connectivity index (χ1n) is 10.5. The van der Waals surface area contributed by atoms with Gasteiger partial charge in [-0.25, -0.2) is 8.42 Å². The number of benzene rings is 2. The number of sulfonamides is 1. The van der Waals surface area contributed by atoms with Gasteiger partial charge in [-0.15, -0.1) is 0 Å². The molecule has 1 aliphatic carbocycles. The molecule has 0 aliphatic heterocycles. The molecule has 1 aliphatic rings. The van der Waals surface area contributed by atoms with Gasteiger partial charge < -0.3 is 9.47 Å². The molecule has 2 aromatic carbocycles. The lowest BCUT2D eigenvalue weighted by Crippen LogP contribution is -2.38. The Bertz CT molecular complexity index is 1150. The van der Waals surface area contributed by atoms with Crippen molar-refractivity contribution in [1.82, 2.24) is 13.1 Å². The molecule has 1 aromatic heterocycles. The summed E-state index contributed by atoms with van der Waals surface area (Å²) in [4.78, 5) is 0.220. The summed E-state index contributed by atoms with van der Waals surface area (Å²) in [5.74, 6) is 1.25. The molecule has 31 heavy (non-hydrogen) atoms. The number of ether oxygens (including phenoxy) is 2. The van der Waals surface area contributed by atoms with Crippen LogP contribution in [0.15, 0.2) is 41.3 Å². The molecule has 0 amide bonds. The van der Waals surface area contributed by atoms with Crippen molar-refractivity contribution in [3.63, 3.8) is 0 Å². The van der Waals surface area contributed by atoms with Crippen molar-refractivity contribution >= 4 is 32.8 Å². The third kappa shape index (κ3) is 4.53. The fourth-order valence-electron chi connectivity index (χ4n) is 4.06. The Morgan fingerprint density at radius 1 is 1.13 bits per heavy atom. The zero-order chi connectivity index (χ0) is 22.0. The van der Waals surface area contributed by atoms with Crippen LogP contribution in [-0.2, 0) is 16.6 Å². The van der Waals surface area contributed by atoms with E-state index >= 15 is 0 Å². The van der Waals surface area contributed by atoms with Crippen LogP contribution in [0.3, 0.4) is 0 Å². The second-order valence-electron chi connectivity index (χ2n) is 8.03. The number of hydrogen-bond donors (Lipinski definition) is 0. The maximum absolute atomic E-state index is 13.8. The van der Waals surface area contributed by atoms with Crippen LogP contribution in [0.2, 0.25) is 0 Å². The van der Waals surface area contributed by atoms with Crippen molar-refractivity contribution in [2.75, 3.05) is 7.11 Å². The third-order valence-electron chi connectivity index (χ3n) is 5.50. The van der Waals surface area contributed by atoms with Crippen LogP contribution in [0.1, 0.15) is 45.1 Å². The predicted molar refractivity (Wildman–Crippen MR) is 121 cm³/mol. The minimum Gasteiger partial charge on any atom is -0.493 e. The molecule has 4 rings (SSSR count). The number of methoxy groups -OCH3 is 1. The fraction of sp³-hybridized carbons (Fsp3) is 0.455. The van der Waals surface area contributed by atoms with Gasteiger partial charge in [0, 0.05) is 12.6 Å². The SMILES string of the molecule is COc1ccc(CN(C2CCCC2)S(=O)(=O)c2cccc3nsnc23)cc1OC(C)C. The molecule has 0 N–H and O–H groups in total. The Balaban J connectivity index is 1.73. The molecule has 3 aromatic rings. The summed E-state index contributed by atoms with van der Waals surface area (Å²) in [6.45, 7) is 4.16. The Morgan fingerprint density at radius 2 is 1.90 bits per heavy atom. The first-order chi connectivity index (χ1) is 14.9. The molecule has 0 radical (unpaired) electrons. The van der Waals surface area contributed by atoms with E-state index in [0.29, 0.717) is 22.5 Å². The smallest absolute Gasteiger partial charge is 0.245 e. The standard InChI is InChI=1S/C22H27N3O4S2/c1-15(2)29-20-13-16(11-12-19(20)28-3)14-25(17-7-4-5-8-17)31(26,27)21-10-6-9-18-22(21)24-30-23-18/h6,9-13,15,17H,4-5,7-8,14H2,1-3H3. The maximum atomic E-state index is 13.8. The predicted octanol–water partition coefficient (Wildman–Crippen LogP) is 4.62. The van der Waals surface area contributed by atoms with E-state index in [9.17, 15) is 8.42 Å². The summed E-state index contributed by atoms with van der Waals surface area (Å²) in [7, 11) is -2.17. The highest BCUT2D eigenvalue weighted by Gasteiger charge is 2.35. The molecular formula is C22H27N3O4S2. The maximum Gasteiger partial charge on any atom is 0.245 e. The number of rotatable bonds is 8. The third-order valence-corrected chi connectivity index (χ3v) is 7.97. The first-order valence-corrected chi connectivity index (χ1v) is 12.6. The molecule has 0 saturated heterocycles. The van der Waals surface area contributed by atoms with Gasteiger partial charge in [-0.3, -0.25) is 0 Å². The van der Waals surface area contributed by atoms with Gasteiger partial charge in [0.2, 0.25) is 10.0 Å². The highest BCUT2D eigenvalue weighted by atomic mass is 32.2.